The number of thiocarbonyl (C=S) groups is 1. The van der Waals surface area contributed by atoms with Crippen LogP contribution in [0.4, 0.5) is 5.69 Å². The Balaban J connectivity index is 2.10. The van der Waals surface area contributed by atoms with Crippen LogP contribution in [0.5, 0.6) is 17.4 Å². The molecule has 3 rings (SSSR count). The van der Waals surface area contributed by atoms with Gasteiger partial charge < -0.3 is 24.9 Å². The van der Waals surface area contributed by atoms with E-state index in [1.165, 1.54) is 0 Å². The summed E-state index contributed by atoms with van der Waals surface area (Å²) < 4.78 is 11.0. The fraction of sp³-hybridized carbons (Fsp3) is 0.250. The Hall–Kier alpha value is -2.35. The molecule has 0 fully saturated rings. The molecule has 8 heteroatoms. The van der Waals surface area contributed by atoms with E-state index in [0.717, 1.165) is 0 Å². The van der Waals surface area contributed by atoms with Crippen molar-refractivity contribution in [3.8, 4) is 17.4 Å². The smallest absolute Gasteiger partial charge is 0.218 e. The minimum atomic E-state index is -0.0787. The van der Waals surface area contributed by atoms with E-state index in [4.69, 9.17) is 21.7 Å². The molecule has 0 radical (unpaired) electrons. The van der Waals surface area contributed by atoms with Gasteiger partial charge in [-0.05, 0) is 18.3 Å². The molecule has 20 heavy (non-hydrogen) atoms. The lowest BCUT2D eigenvalue weighted by molar-refractivity contribution is 0.172. The van der Waals surface area contributed by atoms with Gasteiger partial charge in [0.2, 0.25) is 11.0 Å². The topological polar surface area (TPSA) is 91.2 Å². The highest BCUT2D eigenvalue weighted by Gasteiger charge is 2.18. The van der Waals surface area contributed by atoms with Gasteiger partial charge in [-0.15, -0.1) is 10.2 Å². The van der Waals surface area contributed by atoms with E-state index in [0.29, 0.717) is 41.3 Å². The number of aromatic nitrogens is 1. The zero-order chi connectivity index (χ0) is 14.1. The fourth-order valence-corrected chi connectivity index (χ4v) is 1.99. The SMILES string of the molecule is CNC(=S)N=Nc1c(O)[nH]c2cc3c(cc12)OCCO3. The van der Waals surface area contributed by atoms with Crippen LogP contribution in [0, 0.1) is 0 Å². The Morgan fingerprint density at radius 2 is 2.05 bits per heavy atom. The molecule has 2 heterocycles. The van der Waals surface area contributed by atoms with E-state index in [9.17, 15) is 5.11 Å². The summed E-state index contributed by atoms with van der Waals surface area (Å²) in [6, 6.07) is 3.52. The monoisotopic (exact) mass is 292 g/mol. The molecule has 0 amide bonds. The standard InChI is InChI=1S/C12H12N4O3S/c1-13-12(20)16-15-10-6-4-8-9(19-3-2-18-8)5-7(6)14-11(10)17/h4-5,14,17H,2-3H2,1H3,(H,13,20). The molecule has 104 valence electrons. The molecule has 0 bridgehead atoms. The predicted octanol–water partition coefficient (Wildman–Crippen LogP) is 2.23. The Morgan fingerprint density at radius 3 is 2.75 bits per heavy atom. The predicted molar refractivity (Wildman–Crippen MR) is 77.1 cm³/mol. The molecule has 0 unspecified atom stereocenters. The van der Waals surface area contributed by atoms with Crippen LogP contribution in [-0.2, 0) is 0 Å². The lowest BCUT2D eigenvalue weighted by Crippen LogP contribution is -2.15. The molecule has 1 aliphatic rings. The molecular weight excluding hydrogens is 280 g/mol. The molecular formula is C12H12N4O3S. The van der Waals surface area contributed by atoms with E-state index < -0.39 is 0 Å². The van der Waals surface area contributed by atoms with Gasteiger partial charge in [0.15, 0.2) is 17.2 Å². The quantitative estimate of drug-likeness (QED) is 0.554. The van der Waals surface area contributed by atoms with Crippen LogP contribution in [0.2, 0.25) is 0 Å². The number of ether oxygens (including phenoxy) is 2. The summed E-state index contributed by atoms with van der Waals surface area (Å²) in [7, 11) is 1.65. The third-order valence-electron chi connectivity index (χ3n) is 2.87. The van der Waals surface area contributed by atoms with Crippen molar-refractivity contribution in [2.24, 2.45) is 10.2 Å². The van der Waals surface area contributed by atoms with Crippen molar-refractivity contribution in [1.29, 1.82) is 0 Å². The molecule has 0 aliphatic carbocycles. The Bertz CT molecular complexity index is 710. The number of rotatable bonds is 1. The molecule has 1 aliphatic heterocycles. The lowest BCUT2D eigenvalue weighted by Gasteiger charge is -2.17. The minimum Gasteiger partial charge on any atom is -0.493 e. The number of aromatic hydroxyl groups is 1. The maximum atomic E-state index is 9.91. The molecule has 1 aromatic heterocycles. The highest BCUT2D eigenvalue weighted by Crippen LogP contribution is 2.42. The summed E-state index contributed by atoms with van der Waals surface area (Å²) in [6.45, 7) is 1.00. The number of H-pyrrole nitrogens is 1. The first kappa shape index (κ1) is 12.7. The summed E-state index contributed by atoms with van der Waals surface area (Å²) in [5, 5.41) is 21.3. The second kappa shape index (κ2) is 4.97. The van der Waals surface area contributed by atoms with Crippen LogP contribution >= 0.6 is 12.2 Å². The average Bonchev–Trinajstić information content (AvgIpc) is 2.76. The second-order valence-electron chi connectivity index (χ2n) is 4.12. The van der Waals surface area contributed by atoms with E-state index in [-0.39, 0.29) is 11.0 Å². The van der Waals surface area contributed by atoms with Crippen molar-refractivity contribution >= 4 is 33.9 Å². The molecule has 0 saturated heterocycles. The molecule has 3 N–H and O–H groups in total. The van der Waals surface area contributed by atoms with Gasteiger partial charge in [-0.1, -0.05) is 0 Å². The average molecular weight is 292 g/mol. The fourth-order valence-electron chi connectivity index (χ4n) is 1.95. The van der Waals surface area contributed by atoms with E-state index in [2.05, 4.69) is 20.5 Å². The number of hydrogen-bond donors (Lipinski definition) is 3. The molecule has 0 saturated carbocycles. The first-order chi connectivity index (χ1) is 9.69. The van der Waals surface area contributed by atoms with Gasteiger partial charge in [-0.25, -0.2) is 0 Å². The van der Waals surface area contributed by atoms with Crippen LogP contribution in [0.25, 0.3) is 10.9 Å². The van der Waals surface area contributed by atoms with Gasteiger partial charge in [0, 0.05) is 18.5 Å². The van der Waals surface area contributed by atoms with E-state index >= 15 is 0 Å². The highest BCUT2D eigenvalue weighted by atomic mass is 32.1. The molecule has 0 spiro atoms. The summed E-state index contributed by atoms with van der Waals surface area (Å²) in [6.07, 6.45) is 0. The number of azo groups is 1. The Kier molecular flexibility index (Phi) is 3.15. The number of nitrogens with zero attached hydrogens (tertiary/aromatic N) is 2. The zero-order valence-corrected chi connectivity index (χ0v) is 11.5. The van der Waals surface area contributed by atoms with Gasteiger partial charge >= 0.3 is 0 Å². The Labute approximate surface area is 119 Å². The summed E-state index contributed by atoms with van der Waals surface area (Å²) in [5.74, 6) is 1.18. The molecule has 1 aromatic carbocycles. The zero-order valence-electron chi connectivity index (χ0n) is 10.6. The Morgan fingerprint density at radius 1 is 1.35 bits per heavy atom. The van der Waals surface area contributed by atoms with Gasteiger partial charge in [0.25, 0.3) is 0 Å². The van der Waals surface area contributed by atoms with Gasteiger partial charge in [-0.3, -0.25) is 0 Å². The van der Waals surface area contributed by atoms with Crippen molar-refractivity contribution in [3.63, 3.8) is 0 Å². The molecule has 0 atom stereocenters. The number of nitrogens with one attached hydrogen (secondary N) is 2. The lowest BCUT2D eigenvalue weighted by atomic mass is 10.2. The third kappa shape index (κ3) is 2.14. The van der Waals surface area contributed by atoms with Crippen LogP contribution < -0.4 is 14.8 Å². The first-order valence-electron chi connectivity index (χ1n) is 5.97. The normalized spacial score (nSPS) is 13.8. The van der Waals surface area contributed by atoms with Crippen molar-refractivity contribution in [2.75, 3.05) is 20.3 Å². The van der Waals surface area contributed by atoms with E-state index in [1.54, 1.807) is 19.2 Å². The van der Waals surface area contributed by atoms with Gasteiger partial charge in [0.1, 0.15) is 13.2 Å². The van der Waals surface area contributed by atoms with Crippen molar-refractivity contribution in [1.82, 2.24) is 10.3 Å². The minimum absolute atomic E-state index is 0.0787. The second-order valence-corrected chi connectivity index (χ2v) is 4.51. The number of hydrogen-bond acceptors (Lipinski definition) is 5. The summed E-state index contributed by atoms with van der Waals surface area (Å²) in [4.78, 5) is 2.82. The number of fused-ring (bicyclic) bond motifs is 2. The largest absolute Gasteiger partial charge is 0.493 e. The maximum absolute atomic E-state index is 9.91. The summed E-state index contributed by atoms with van der Waals surface area (Å²) >= 11 is 4.88. The van der Waals surface area contributed by atoms with Crippen molar-refractivity contribution in [3.05, 3.63) is 12.1 Å². The van der Waals surface area contributed by atoms with Crippen LogP contribution in [0.3, 0.4) is 0 Å². The number of benzene rings is 1. The van der Waals surface area contributed by atoms with Crippen LogP contribution in [0.1, 0.15) is 0 Å². The van der Waals surface area contributed by atoms with Crippen molar-refractivity contribution in [2.45, 2.75) is 0 Å². The van der Waals surface area contributed by atoms with Gasteiger partial charge in [0.05, 0.1) is 5.52 Å². The summed E-state index contributed by atoms with van der Waals surface area (Å²) in [5.41, 5.74) is 1.01. The van der Waals surface area contributed by atoms with Crippen LogP contribution in [0.15, 0.2) is 22.4 Å². The van der Waals surface area contributed by atoms with E-state index in [1.807, 2.05) is 0 Å². The maximum Gasteiger partial charge on any atom is 0.218 e. The molecule has 7 nitrogen and oxygen atoms in total. The number of aromatic amines is 1. The van der Waals surface area contributed by atoms with Gasteiger partial charge in [-0.2, -0.15) is 0 Å². The van der Waals surface area contributed by atoms with Crippen LogP contribution in [-0.4, -0.2) is 35.5 Å². The third-order valence-corrected chi connectivity index (χ3v) is 3.16. The molecule has 2 aromatic rings. The highest BCUT2D eigenvalue weighted by molar-refractivity contribution is 7.80. The first-order valence-corrected chi connectivity index (χ1v) is 6.37. The van der Waals surface area contributed by atoms with Crippen molar-refractivity contribution < 1.29 is 14.6 Å².